The number of H-pyrrole nitrogens is 1. The fraction of sp³-hybridized carbons (Fsp3) is 0.400. The van der Waals surface area contributed by atoms with E-state index in [1.165, 1.54) is 15.8 Å². The van der Waals surface area contributed by atoms with Crippen LogP contribution in [0, 0.1) is 0 Å². The molecule has 0 fully saturated rings. The molecule has 2 aromatic rings. The first-order chi connectivity index (χ1) is 9.58. The van der Waals surface area contributed by atoms with E-state index in [0.717, 1.165) is 11.9 Å². The number of aromatic amines is 1. The topological polar surface area (TPSA) is 68.4 Å². The zero-order valence-electron chi connectivity index (χ0n) is 11.9. The van der Waals surface area contributed by atoms with Gasteiger partial charge in [0.25, 0.3) is 0 Å². The standard InChI is InChI=1S/C15H21N3O2/c1-11(19)10-18(2)15(20)16-8-7-12-9-17-14-6-4-3-5-13(12)14/h3-6,9,11,17,19H,7-8,10H2,1-2H3,(H,16,20). The van der Waals surface area contributed by atoms with Crippen LogP contribution in [0.25, 0.3) is 10.9 Å². The lowest BCUT2D eigenvalue weighted by Gasteiger charge is -2.19. The van der Waals surface area contributed by atoms with Gasteiger partial charge >= 0.3 is 6.03 Å². The van der Waals surface area contributed by atoms with E-state index >= 15 is 0 Å². The summed E-state index contributed by atoms with van der Waals surface area (Å²) in [6.07, 6.45) is 2.24. The number of amides is 2. The molecule has 1 unspecified atom stereocenters. The van der Waals surface area contributed by atoms with E-state index in [9.17, 15) is 9.90 Å². The second-order valence-corrected chi connectivity index (χ2v) is 5.07. The lowest BCUT2D eigenvalue weighted by molar-refractivity contribution is 0.144. The molecule has 3 N–H and O–H groups in total. The molecule has 0 saturated carbocycles. The molecule has 1 atom stereocenters. The van der Waals surface area contributed by atoms with Crippen LogP contribution in [0.15, 0.2) is 30.5 Å². The SMILES string of the molecule is CC(O)CN(C)C(=O)NCCc1c[nH]c2ccccc12. The van der Waals surface area contributed by atoms with Crippen molar-refractivity contribution in [3.8, 4) is 0 Å². The van der Waals surface area contributed by atoms with E-state index in [1.807, 2.05) is 24.4 Å². The number of aromatic nitrogens is 1. The van der Waals surface area contributed by atoms with Crippen molar-refractivity contribution < 1.29 is 9.90 Å². The third-order valence-corrected chi connectivity index (χ3v) is 3.23. The summed E-state index contributed by atoms with van der Waals surface area (Å²) in [4.78, 5) is 16.5. The predicted octanol–water partition coefficient (Wildman–Crippen LogP) is 1.73. The second kappa shape index (κ2) is 6.43. The monoisotopic (exact) mass is 275 g/mol. The molecule has 1 aromatic carbocycles. The number of para-hydroxylation sites is 1. The van der Waals surface area contributed by atoms with Gasteiger partial charge in [0.2, 0.25) is 0 Å². The summed E-state index contributed by atoms with van der Waals surface area (Å²) < 4.78 is 0. The Labute approximate surface area is 118 Å². The molecule has 0 radical (unpaired) electrons. The Hall–Kier alpha value is -2.01. The smallest absolute Gasteiger partial charge is 0.317 e. The first-order valence-electron chi connectivity index (χ1n) is 6.80. The number of nitrogens with one attached hydrogen (secondary N) is 2. The highest BCUT2D eigenvalue weighted by molar-refractivity contribution is 5.83. The average molecular weight is 275 g/mol. The molecule has 0 aliphatic heterocycles. The van der Waals surface area contributed by atoms with Gasteiger partial charge in [-0.15, -0.1) is 0 Å². The summed E-state index contributed by atoms with van der Waals surface area (Å²) in [5, 5.41) is 13.3. The lowest BCUT2D eigenvalue weighted by atomic mass is 10.1. The van der Waals surface area contributed by atoms with Gasteiger partial charge in [0.1, 0.15) is 0 Å². The summed E-state index contributed by atoms with van der Waals surface area (Å²) in [6, 6.07) is 7.95. The van der Waals surface area contributed by atoms with E-state index in [2.05, 4.69) is 16.4 Å². The van der Waals surface area contributed by atoms with Crippen LogP contribution in [-0.4, -0.2) is 47.3 Å². The summed E-state index contributed by atoms with van der Waals surface area (Å²) in [5.74, 6) is 0. The molecular weight excluding hydrogens is 254 g/mol. The van der Waals surface area contributed by atoms with Crippen LogP contribution in [0.2, 0.25) is 0 Å². The lowest BCUT2D eigenvalue weighted by Crippen LogP contribution is -2.41. The third kappa shape index (κ3) is 3.51. The van der Waals surface area contributed by atoms with Crippen molar-refractivity contribution in [2.45, 2.75) is 19.4 Å². The summed E-state index contributed by atoms with van der Waals surface area (Å²) in [6.45, 7) is 2.57. The molecule has 20 heavy (non-hydrogen) atoms. The Balaban J connectivity index is 1.85. The molecule has 5 heteroatoms. The third-order valence-electron chi connectivity index (χ3n) is 3.23. The fourth-order valence-corrected chi connectivity index (χ4v) is 2.26. The largest absolute Gasteiger partial charge is 0.392 e. The number of fused-ring (bicyclic) bond motifs is 1. The Morgan fingerprint density at radius 1 is 1.45 bits per heavy atom. The second-order valence-electron chi connectivity index (χ2n) is 5.07. The van der Waals surface area contributed by atoms with E-state index in [4.69, 9.17) is 0 Å². The molecule has 1 heterocycles. The molecule has 2 amide bonds. The summed E-state index contributed by atoms with van der Waals surface area (Å²) in [7, 11) is 1.67. The quantitative estimate of drug-likeness (QED) is 0.778. The molecule has 5 nitrogen and oxygen atoms in total. The van der Waals surface area contributed by atoms with Gasteiger partial charge in [-0.1, -0.05) is 18.2 Å². The van der Waals surface area contributed by atoms with Crippen LogP contribution in [0.5, 0.6) is 0 Å². The highest BCUT2D eigenvalue weighted by atomic mass is 16.3. The Morgan fingerprint density at radius 3 is 2.95 bits per heavy atom. The van der Waals surface area contributed by atoms with Crippen molar-refractivity contribution >= 4 is 16.9 Å². The molecular formula is C15H21N3O2. The first kappa shape index (κ1) is 14.4. The minimum atomic E-state index is -0.514. The van der Waals surface area contributed by atoms with Gasteiger partial charge in [-0.05, 0) is 25.0 Å². The maximum Gasteiger partial charge on any atom is 0.317 e. The van der Waals surface area contributed by atoms with Crippen molar-refractivity contribution in [2.24, 2.45) is 0 Å². The van der Waals surface area contributed by atoms with Crippen molar-refractivity contribution in [1.29, 1.82) is 0 Å². The summed E-state index contributed by atoms with van der Waals surface area (Å²) >= 11 is 0. The molecule has 2 rings (SSSR count). The molecule has 0 saturated heterocycles. The molecule has 0 spiro atoms. The van der Waals surface area contributed by atoms with Crippen LogP contribution in [-0.2, 0) is 6.42 Å². The zero-order chi connectivity index (χ0) is 14.5. The minimum absolute atomic E-state index is 0.161. The maximum atomic E-state index is 11.8. The number of aliphatic hydroxyl groups excluding tert-OH is 1. The fourth-order valence-electron chi connectivity index (χ4n) is 2.26. The van der Waals surface area contributed by atoms with Gasteiger partial charge in [-0.2, -0.15) is 0 Å². The van der Waals surface area contributed by atoms with Crippen LogP contribution in [0.4, 0.5) is 4.79 Å². The number of nitrogens with zero attached hydrogens (tertiary/aromatic N) is 1. The minimum Gasteiger partial charge on any atom is -0.392 e. The van der Waals surface area contributed by atoms with Crippen LogP contribution in [0.1, 0.15) is 12.5 Å². The average Bonchev–Trinajstić information content (AvgIpc) is 2.81. The number of rotatable bonds is 5. The zero-order valence-corrected chi connectivity index (χ0v) is 11.9. The Morgan fingerprint density at radius 2 is 2.20 bits per heavy atom. The number of hydrogen-bond acceptors (Lipinski definition) is 2. The Kier molecular flexibility index (Phi) is 4.63. The first-order valence-corrected chi connectivity index (χ1v) is 6.80. The van der Waals surface area contributed by atoms with Crippen molar-refractivity contribution in [3.63, 3.8) is 0 Å². The van der Waals surface area contributed by atoms with E-state index in [1.54, 1.807) is 14.0 Å². The Bertz CT molecular complexity index is 577. The van der Waals surface area contributed by atoms with Crippen LogP contribution in [0.3, 0.4) is 0 Å². The molecule has 1 aromatic heterocycles. The predicted molar refractivity (Wildman–Crippen MR) is 79.7 cm³/mol. The van der Waals surface area contributed by atoms with Gasteiger partial charge in [0, 0.05) is 37.2 Å². The number of carbonyl (C=O) groups excluding carboxylic acids is 1. The van der Waals surface area contributed by atoms with Gasteiger partial charge in [0.15, 0.2) is 0 Å². The molecule has 0 aliphatic carbocycles. The van der Waals surface area contributed by atoms with Crippen molar-refractivity contribution in [2.75, 3.05) is 20.1 Å². The van der Waals surface area contributed by atoms with Gasteiger partial charge in [0.05, 0.1) is 6.10 Å². The van der Waals surface area contributed by atoms with E-state index in [-0.39, 0.29) is 6.03 Å². The highest BCUT2D eigenvalue weighted by Crippen LogP contribution is 2.17. The summed E-state index contributed by atoms with van der Waals surface area (Å²) in [5.41, 5.74) is 2.30. The van der Waals surface area contributed by atoms with Gasteiger partial charge in [-0.25, -0.2) is 4.79 Å². The highest BCUT2D eigenvalue weighted by Gasteiger charge is 2.10. The van der Waals surface area contributed by atoms with E-state index < -0.39 is 6.10 Å². The normalized spacial score (nSPS) is 12.3. The number of carbonyl (C=O) groups is 1. The number of urea groups is 1. The molecule has 0 bridgehead atoms. The molecule has 108 valence electrons. The number of likely N-dealkylation sites (N-methyl/N-ethyl adjacent to an activating group) is 1. The van der Waals surface area contributed by atoms with E-state index in [0.29, 0.717) is 13.1 Å². The number of hydrogen-bond donors (Lipinski definition) is 3. The molecule has 0 aliphatic rings. The van der Waals surface area contributed by atoms with Gasteiger partial charge in [-0.3, -0.25) is 0 Å². The number of aliphatic hydroxyl groups is 1. The van der Waals surface area contributed by atoms with Gasteiger partial charge < -0.3 is 20.3 Å². The van der Waals surface area contributed by atoms with Crippen molar-refractivity contribution in [1.82, 2.24) is 15.2 Å². The number of benzene rings is 1. The van der Waals surface area contributed by atoms with Crippen LogP contribution >= 0.6 is 0 Å². The maximum absolute atomic E-state index is 11.8. The van der Waals surface area contributed by atoms with Crippen LogP contribution < -0.4 is 5.32 Å². The van der Waals surface area contributed by atoms with Crippen molar-refractivity contribution in [3.05, 3.63) is 36.0 Å².